The third kappa shape index (κ3) is 3.43. The van der Waals surface area contributed by atoms with Crippen LogP contribution in [0.15, 0.2) is 11.4 Å². The lowest BCUT2D eigenvalue weighted by Crippen LogP contribution is -2.47. The molecule has 6 heteroatoms. The van der Waals surface area contributed by atoms with Crippen LogP contribution in [0, 0.1) is 11.3 Å². The van der Waals surface area contributed by atoms with Gasteiger partial charge in [-0.25, -0.2) is 0 Å². The van der Waals surface area contributed by atoms with Gasteiger partial charge in [-0.1, -0.05) is 6.92 Å². The maximum atomic E-state index is 12.7. The number of nitrogens with zero attached hydrogens (tertiary/aromatic N) is 3. The molecule has 0 spiro atoms. The second-order valence-electron chi connectivity index (χ2n) is 5.92. The number of rotatable bonds is 5. The zero-order valence-corrected chi connectivity index (χ0v) is 13.5. The highest BCUT2D eigenvalue weighted by Crippen LogP contribution is 2.32. The number of carbonyl (C=O) groups excluding carboxylic acids is 1. The van der Waals surface area contributed by atoms with E-state index in [4.69, 9.17) is 5.26 Å². The van der Waals surface area contributed by atoms with Gasteiger partial charge in [-0.2, -0.15) is 5.26 Å². The summed E-state index contributed by atoms with van der Waals surface area (Å²) in [5.41, 5.74) is -0.274. The highest BCUT2D eigenvalue weighted by molar-refractivity contribution is 7.14. The predicted molar refractivity (Wildman–Crippen MR) is 83.3 cm³/mol. The molecule has 0 saturated carbocycles. The highest BCUT2D eigenvalue weighted by atomic mass is 32.1. The number of hydrogen-bond acceptors (Lipinski definition) is 5. The molecular weight excluding hydrogens is 286 g/mol. The van der Waals surface area contributed by atoms with E-state index in [0.717, 1.165) is 11.4 Å². The second-order valence-corrected chi connectivity index (χ2v) is 6.82. The summed E-state index contributed by atoms with van der Waals surface area (Å²) in [4.78, 5) is 16.4. The zero-order chi connectivity index (χ0) is 15.6. The van der Waals surface area contributed by atoms with E-state index >= 15 is 0 Å². The molecule has 1 unspecified atom stereocenters. The molecule has 1 fully saturated rings. The Morgan fingerprint density at radius 3 is 2.90 bits per heavy atom. The van der Waals surface area contributed by atoms with E-state index in [9.17, 15) is 9.90 Å². The Morgan fingerprint density at radius 1 is 1.62 bits per heavy atom. The Labute approximate surface area is 129 Å². The number of anilines is 1. The first kappa shape index (κ1) is 16.0. The fourth-order valence-corrected chi connectivity index (χ4v) is 3.62. The van der Waals surface area contributed by atoms with E-state index in [0.29, 0.717) is 25.2 Å². The Balaban J connectivity index is 2.16. The minimum atomic E-state index is -0.829. The van der Waals surface area contributed by atoms with Crippen molar-refractivity contribution < 1.29 is 9.90 Å². The molecule has 1 aromatic heterocycles. The smallest absolute Gasteiger partial charge is 0.245 e. The van der Waals surface area contributed by atoms with Crippen molar-refractivity contribution in [3.8, 4) is 6.07 Å². The average Bonchev–Trinajstić information content (AvgIpc) is 3.00. The Kier molecular flexibility index (Phi) is 4.67. The van der Waals surface area contributed by atoms with E-state index in [2.05, 4.69) is 6.07 Å². The van der Waals surface area contributed by atoms with Crippen LogP contribution >= 0.6 is 11.3 Å². The lowest BCUT2D eigenvalue weighted by atomic mass is 10.1. The van der Waals surface area contributed by atoms with Crippen LogP contribution in [0.1, 0.15) is 32.8 Å². The molecule has 1 atom stereocenters. The predicted octanol–water partition coefficient (Wildman–Crippen LogP) is 1.82. The first-order valence-corrected chi connectivity index (χ1v) is 8.00. The Bertz CT molecular complexity index is 556. The molecule has 1 aliphatic heterocycles. The summed E-state index contributed by atoms with van der Waals surface area (Å²) in [5.74, 6) is 0.0278. The molecule has 0 radical (unpaired) electrons. The van der Waals surface area contributed by atoms with Gasteiger partial charge >= 0.3 is 0 Å². The maximum Gasteiger partial charge on any atom is 0.245 e. The van der Waals surface area contributed by atoms with Gasteiger partial charge < -0.3 is 10.0 Å². The maximum absolute atomic E-state index is 12.7. The third-order valence-corrected chi connectivity index (χ3v) is 4.56. The summed E-state index contributed by atoms with van der Waals surface area (Å²) < 4.78 is 0. The van der Waals surface area contributed by atoms with Gasteiger partial charge in [0.2, 0.25) is 5.91 Å². The van der Waals surface area contributed by atoms with Crippen LogP contribution in [0.2, 0.25) is 0 Å². The molecule has 1 saturated heterocycles. The SMILES string of the molecule is CCN(CC(C)(C)O)C1CCN(c2sccc2C#N)C1=O. The van der Waals surface area contributed by atoms with E-state index in [1.54, 1.807) is 24.8 Å². The van der Waals surface area contributed by atoms with Crippen molar-refractivity contribution in [1.29, 1.82) is 5.26 Å². The minimum absolute atomic E-state index is 0.0278. The van der Waals surface area contributed by atoms with Crippen molar-refractivity contribution in [3.63, 3.8) is 0 Å². The van der Waals surface area contributed by atoms with Gasteiger partial charge in [0.25, 0.3) is 0 Å². The number of likely N-dealkylation sites (N-methyl/N-ethyl adjacent to an activating group) is 1. The molecule has 1 aliphatic rings. The monoisotopic (exact) mass is 307 g/mol. The lowest BCUT2D eigenvalue weighted by molar-refractivity contribution is -0.122. The number of thiophene rings is 1. The van der Waals surface area contributed by atoms with Crippen LogP contribution in [0.4, 0.5) is 5.00 Å². The standard InChI is InChI=1S/C15H21N3O2S/c1-4-17(10-15(2,3)20)12-5-7-18(13(12)19)14-11(9-16)6-8-21-14/h6,8,12,20H,4-5,7,10H2,1-3H3. The fraction of sp³-hybridized carbons (Fsp3) is 0.600. The number of nitriles is 1. The van der Waals surface area contributed by atoms with Gasteiger partial charge in [0.05, 0.1) is 17.2 Å². The fourth-order valence-electron chi connectivity index (χ4n) is 2.74. The van der Waals surface area contributed by atoms with Gasteiger partial charge in [-0.3, -0.25) is 9.69 Å². The molecule has 21 heavy (non-hydrogen) atoms. The number of aliphatic hydroxyl groups is 1. The molecule has 0 bridgehead atoms. The molecule has 5 nitrogen and oxygen atoms in total. The zero-order valence-electron chi connectivity index (χ0n) is 12.7. The first-order valence-electron chi connectivity index (χ1n) is 7.12. The van der Waals surface area contributed by atoms with Crippen LogP contribution in [0.5, 0.6) is 0 Å². The third-order valence-electron chi connectivity index (χ3n) is 3.62. The molecule has 0 aliphatic carbocycles. The van der Waals surface area contributed by atoms with Gasteiger partial charge in [0.15, 0.2) is 0 Å². The van der Waals surface area contributed by atoms with Crippen molar-refractivity contribution in [3.05, 3.63) is 17.0 Å². The van der Waals surface area contributed by atoms with Gasteiger partial charge in [0, 0.05) is 13.1 Å². The molecule has 114 valence electrons. The summed E-state index contributed by atoms with van der Waals surface area (Å²) >= 11 is 1.42. The van der Waals surface area contributed by atoms with E-state index in [1.165, 1.54) is 11.3 Å². The summed E-state index contributed by atoms with van der Waals surface area (Å²) in [7, 11) is 0. The van der Waals surface area contributed by atoms with Crippen LogP contribution in [-0.2, 0) is 4.79 Å². The highest BCUT2D eigenvalue weighted by Gasteiger charge is 2.38. The Hall–Kier alpha value is -1.42. The summed E-state index contributed by atoms with van der Waals surface area (Å²) in [6.07, 6.45) is 0.728. The summed E-state index contributed by atoms with van der Waals surface area (Å²) in [6, 6.07) is 3.66. The largest absolute Gasteiger partial charge is 0.389 e. The minimum Gasteiger partial charge on any atom is -0.389 e. The average molecular weight is 307 g/mol. The van der Waals surface area contributed by atoms with Crippen LogP contribution in [0.3, 0.4) is 0 Å². The number of amides is 1. The van der Waals surface area contributed by atoms with Gasteiger partial charge in [0.1, 0.15) is 11.1 Å². The molecule has 2 rings (SSSR count). The second kappa shape index (κ2) is 6.14. The molecule has 1 N–H and O–H groups in total. The van der Waals surface area contributed by atoms with Crippen LogP contribution in [0.25, 0.3) is 0 Å². The Morgan fingerprint density at radius 2 is 2.33 bits per heavy atom. The van der Waals surface area contributed by atoms with Gasteiger partial charge in [-0.15, -0.1) is 11.3 Å². The van der Waals surface area contributed by atoms with Crippen molar-refractivity contribution >= 4 is 22.2 Å². The number of carbonyl (C=O) groups is 1. The van der Waals surface area contributed by atoms with E-state index in [1.807, 2.05) is 17.2 Å². The lowest BCUT2D eigenvalue weighted by Gasteiger charge is -2.31. The first-order chi connectivity index (χ1) is 9.87. The van der Waals surface area contributed by atoms with Crippen LogP contribution in [-0.4, -0.2) is 47.2 Å². The van der Waals surface area contributed by atoms with Crippen molar-refractivity contribution in [2.24, 2.45) is 0 Å². The normalized spacial score (nSPS) is 19.3. The van der Waals surface area contributed by atoms with E-state index in [-0.39, 0.29) is 11.9 Å². The van der Waals surface area contributed by atoms with E-state index < -0.39 is 5.60 Å². The topological polar surface area (TPSA) is 67.6 Å². The molecular formula is C15H21N3O2S. The van der Waals surface area contributed by atoms with Crippen molar-refractivity contribution in [2.45, 2.75) is 38.8 Å². The number of hydrogen-bond donors (Lipinski definition) is 1. The summed E-state index contributed by atoms with van der Waals surface area (Å²) in [5, 5.41) is 21.7. The van der Waals surface area contributed by atoms with Crippen LogP contribution < -0.4 is 4.90 Å². The van der Waals surface area contributed by atoms with Crippen molar-refractivity contribution in [1.82, 2.24) is 4.90 Å². The molecule has 1 amide bonds. The van der Waals surface area contributed by atoms with Gasteiger partial charge in [-0.05, 0) is 38.3 Å². The molecule has 2 heterocycles. The molecule has 1 aromatic rings. The van der Waals surface area contributed by atoms with Crippen molar-refractivity contribution in [2.75, 3.05) is 24.5 Å². The summed E-state index contributed by atoms with van der Waals surface area (Å²) in [6.45, 7) is 7.29. The quantitative estimate of drug-likeness (QED) is 0.901. The molecule has 0 aromatic carbocycles.